The molecule has 0 atom stereocenters. The molecule has 1 saturated carbocycles. The maximum absolute atomic E-state index is 6.26. The van der Waals surface area contributed by atoms with Gasteiger partial charge in [0, 0.05) is 19.7 Å². The summed E-state index contributed by atoms with van der Waals surface area (Å²) in [5.41, 5.74) is 9.26. The molecule has 0 aliphatic heterocycles. The van der Waals surface area contributed by atoms with E-state index < -0.39 is 0 Å². The maximum Gasteiger partial charge on any atom is 0.152 e. The van der Waals surface area contributed by atoms with Crippen molar-refractivity contribution in [3.05, 3.63) is 24.2 Å². The average Bonchev–Trinajstić information content (AvgIpc) is 3.03. The zero-order chi connectivity index (χ0) is 17.4. The molecule has 2 N–H and O–H groups in total. The highest BCUT2D eigenvalue weighted by atomic mass is 16.5. The number of imidazole rings is 1. The molecule has 6 nitrogen and oxygen atoms in total. The van der Waals surface area contributed by atoms with Crippen LogP contribution in [0.2, 0.25) is 0 Å². The fourth-order valence-electron chi connectivity index (χ4n) is 4.17. The Morgan fingerprint density at radius 1 is 1.20 bits per heavy atom. The Morgan fingerprint density at radius 2 is 2.00 bits per heavy atom. The van der Waals surface area contributed by atoms with E-state index >= 15 is 0 Å². The molecule has 1 aliphatic carbocycles. The topological polar surface area (TPSA) is 78.9 Å². The Labute approximate surface area is 147 Å². The SMILES string of the molecule is CCCc1nc2c(N)nc3cccnc3c2n1C1(OC)CCCCC1. The number of nitrogen functional groups attached to an aromatic ring is 1. The van der Waals surface area contributed by atoms with Crippen molar-refractivity contribution in [2.45, 2.75) is 57.6 Å². The third kappa shape index (κ3) is 2.47. The zero-order valence-corrected chi connectivity index (χ0v) is 15.0. The van der Waals surface area contributed by atoms with Crippen LogP contribution in [0.1, 0.15) is 51.3 Å². The fourth-order valence-corrected chi connectivity index (χ4v) is 4.17. The number of aryl methyl sites for hydroxylation is 1. The lowest BCUT2D eigenvalue weighted by Gasteiger charge is -2.39. The number of fused-ring (bicyclic) bond motifs is 3. The molecule has 132 valence electrons. The predicted molar refractivity (Wildman–Crippen MR) is 99.3 cm³/mol. The van der Waals surface area contributed by atoms with Gasteiger partial charge in [-0.2, -0.15) is 0 Å². The van der Waals surface area contributed by atoms with Gasteiger partial charge in [-0.15, -0.1) is 0 Å². The molecule has 0 aromatic carbocycles. The van der Waals surface area contributed by atoms with Crippen molar-refractivity contribution in [1.82, 2.24) is 19.5 Å². The molecular formula is C19H25N5O. The fraction of sp³-hybridized carbons (Fsp3) is 0.526. The normalized spacial score (nSPS) is 17.4. The van der Waals surface area contributed by atoms with Gasteiger partial charge < -0.3 is 10.5 Å². The van der Waals surface area contributed by atoms with Gasteiger partial charge in [-0.25, -0.2) is 9.97 Å². The number of anilines is 1. The van der Waals surface area contributed by atoms with Gasteiger partial charge in [0.2, 0.25) is 0 Å². The summed E-state index contributed by atoms with van der Waals surface area (Å²) in [4.78, 5) is 14.0. The number of hydrogen-bond acceptors (Lipinski definition) is 5. The van der Waals surface area contributed by atoms with Crippen LogP contribution >= 0.6 is 0 Å². The summed E-state index contributed by atoms with van der Waals surface area (Å²) >= 11 is 0. The zero-order valence-electron chi connectivity index (χ0n) is 15.0. The van der Waals surface area contributed by atoms with Gasteiger partial charge in [0.15, 0.2) is 5.82 Å². The summed E-state index contributed by atoms with van der Waals surface area (Å²) < 4.78 is 8.43. The molecule has 3 aromatic heterocycles. The standard InChI is InChI=1S/C19H25N5O/c1-3-8-14-23-16-17(15-13(22-18(16)20)9-7-12-21-15)24(14)19(25-2)10-5-4-6-11-19/h7,9,12H,3-6,8,10-11H2,1-2H3,(H2,20,22). The van der Waals surface area contributed by atoms with Crippen LogP contribution < -0.4 is 5.73 Å². The van der Waals surface area contributed by atoms with E-state index in [9.17, 15) is 0 Å². The van der Waals surface area contributed by atoms with Crippen molar-refractivity contribution >= 4 is 27.9 Å². The van der Waals surface area contributed by atoms with Crippen LogP contribution in [0, 0.1) is 0 Å². The second-order valence-corrected chi connectivity index (χ2v) is 6.89. The first kappa shape index (κ1) is 16.3. The molecule has 3 aromatic rings. The molecule has 4 rings (SSSR count). The number of methoxy groups -OCH3 is 1. The van der Waals surface area contributed by atoms with Crippen molar-refractivity contribution in [1.29, 1.82) is 0 Å². The lowest BCUT2D eigenvalue weighted by molar-refractivity contribution is -0.104. The average molecular weight is 339 g/mol. The summed E-state index contributed by atoms with van der Waals surface area (Å²) in [7, 11) is 1.81. The van der Waals surface area contributed by atoms with Crippen LogP contribution in [0.3, 0.4) is 0 Å². The highest BCUT2D eigenvalue weighted by molar-refractivity contribution is 6.04. The summed E-state index contributed by atoms with van der Waals surface area (Å²) in [5.74, 6) is 1.49. The van der Waals surface area contributed by atoms with Gasteiger partial charge in [0.25, 0.3) is 0 Å². The van der Waals surface area contributed by atoms with Gasteiger partial charge in [-0.05, 0) is 44.2 Å². The Hall–Kier alpha value is -2.21. The Balaban J connectivity index is 2.11. The number of aromatic nitrogens is 4. The summed E-state index contributed by atoms with van der Waals surface area (Å²) in [5, 5.41) is 0. The smallest absolute Gasteiger partial charge is 0.152 e. The summed E-state index contributed by atoms with van der Waals surface area (Å²) in [6, 6.07) is 3.84. The van der Waals surface area contributed by atoms with Gasteiger partial charge in [0.1, 0.15) is 28.1 Å². The van der Waals surface area contributed by atoms with Crippen LogP contribution in [-0.2, 0) is 16.9 Å². The second-order valence-electron chi connectivity index (χ2n) is 6.89. The lowest BCUT2D eigenvalue weighted by atomic mass is 9.90. The summed E-state index contributed by atoms with van der Waals surface area (Å²) in [6.07, 6.45) is 9.25. The number of pyridine rings is 2. The monoisotopic (exact) mass is 339 g/mol. The van der Waals surface area contributed by atoms with Crippen LogP contribution in [-0.4, -0.2) is 26.6 Å². The van der Waals surface area contributed by atoms with E-state index in [1.54, 1.807) is 6.20 Å². The van der Waals surface area contributed by atoms with E-state index in [-0.39, 0.29) is 5.72 Å². The molecule has 1 fully saturated rings. The number of rotatable bonds is 4. The number of nitrogens with zero attached hydrogens (tertiary/aromatic N) is 4. The quantitative estimate of drug-likeness (QED) is 0.782. The highest BCUT2D eigenvalue weighted by Gasteiger charge is 2.38. The van der Waals surface area contributed by atoms with Crippen molar-refractivity contribution in [2.75, 3.05) is 12.8 Å². The molecule has 0 amide bonds. The van der Waals surface area contributed by atoms with Crippen LogP contribution in [0.25, 0.3) is 22.1 Å². The maximum atomic E-state index is 6.26. The molecule has 6 heteroatoms. The van der Waals surface area contributed by atoms with E-state index in [1.165, 1.54) is 6.42 Å². The minimum atomic E-state index is -0.365. The predicted octanol–water partition coefficient (Wildman–Crippen LogP) is 3.78. The number of nitrogens with two attached hydrogens (primary N) is 1. The lowest BCUT2D eigenvalue weighted by Crippen LogP contribution is -2.39. The van der Waals surface area contributed by atoms with Gasteiger partial charge in [0.05, 0.1) is 5.52 Å². The van der Waals surface area contributed by atoms with E-state index in [4.69, 9.17) is 15.5 Å². The minimum Gasteiger partial charge on any atom is -0.382 e. The highest BCUT2D eigenvalue weighted by Crippen LogP contribution is 2.41. The van der Waals surface area contributed by atoms with Crippen molar-refractivity contribution < 1.29 is 4.74 Å². The second kappa shape index (κ2) is 6.26. The summed E-state index contributed by atoms with van der Waals surface area (Å²) in [6.45, 7) is 2.17. The Kier molecular flexibility index (Phi) is 4.07. The molecule has 0 spiro atoms. The molecule has 3 heterocycles. The first-order chi connectivity index (χ1) is 12.2. The van der Waals surface area contributed by atoms with E-state index in [0.717, 1.165) is 66.4 Å². The first-order valence-electron chi connectivity index (χ1n) is 9.17. The minimum absolute atomic E-state index is 0.365. The molecule has 0 saturated heterocycles. The molecule has 0 bridgehead atoms. The molecule has 1 aliphatic rings. The van der Waals surface area contributed by atoms with Crippen LogP contribution in [0.15, 0.2) is 18.3 Å². The molecular weight excluding hydrogens is 314 g/mol. The van der Waals surface area contributed by atoms with Crippen LogP contribution in [0.5, 0.6) is 0 Å². The van der Waals surface area contributed by atoms with Crippen LogP contribution in [0.4, 0.5) is 5.82 Å². The Bertz CT molecular complexity index is 911. The van der Waals surface area contributed by atoms with Gasteiger partial charge in [-0.1, -0.05) is 13.3 Å². The van der Waals surface area contributed by atoms with Gasteiger partial charge in [-0.3, -0.25) is 9.55 Å². The molecule has 0 unspecified atom stereocenters. The van der Waals surface area contributed by atoms with Crippen molar-refractivity contribution in [2.24, 2.45) is 0 Å². The van der Waals surface area contributed by atoms with E-state index in [0.29, 0.717) is 5.82 Å². The number of hydrogen-bond donors (Lipinski definition) is 1. The molecule has 0 radical (unpaired) electrons. The third-order valence-electron chi connectivity index (χ3n) is 5.34. The van der Waals surface area contributed by atoms with E-state index in [2.05, 4.69) is 21.5 Å². The largest absolute Gasteiger partial charge is 0.382 e. The first-order valence-corrected chi connectivity index (χ1v) is 9.17. The third-order valence-corrected chi connectivity index (χ3v) is 5.34. The van der Waals surface area contributed by atoms with E-state index in [1.807, 2.05) is 19.2 Å². The molecule has 25 heavy (non-hydrogen) atoms. The number of ether oxygens (including phenoxy) is 1. The van der Waals surface area contributed by atoms with Gasteiger partial charge >= 0.3 is 0 Å². The Morgan fingerprint density at radius 3 is 2.72 bits per heavy atom. The van der Waals surface area contributed by atoms with Crippen molar-refractivity contribution in [3.63, 3.8) is 0 Å². The van der Waals surface area contributed by atoms with Crippen molar-refractivity contribution in [3.8, 4) is 0 Å².